The van der Waals surface area contributed by atoms with Gasteiger partial charge < -0.3 is 19.5 Å². The van der Waals surface area contributed by atoms with Crippen LogP contribution in [0.1, 0.15) is 22.8 Å². The summed E-state index contributed by atoms with van der Waals surface area (Å²) in [6.45, 7) is 2.11. The van der Waals surface area contributed by atoms with E-state index in [1.807, 2.05) is 4.90 Å². The first-order chi connectivity index (χ1) is 15.5. The average Bonchev–Trinajstić information content (AvgIpc) is 2.75. The van der Waals surface area contributed by atoms with Crippen LogP contribution in [0.4, 0.5) is 29.2 Å². The molecular formula is C21H19F4N5O3. The average molecular weight is 465 g/mol. The quantitative estimate of drug-likeness (QED) is 0.595. The highest BCUT2D eigenvalue weighted by molar-refractivity contribution is 5.95. The smallest absolute Gasteiger partial charge is 0.420 e. The van der Waals surface area contributed by atoms with Crippen LogP contribution in [0.5, 0.6) is 0 Å². The van der Waals surface area contributed by atoms with E-state index in [9.17, 15) is 27.9 Å². The summed E-state index contributed by atoms with van der Waals surface area (Å²) >= 11 is 0. The monoisotopic (exact) mass is 465 g/mol. The first-order valence-electron chi connectivity index (χ1n) is 9.95. The van der Waals surface area contributed by atoms with E-state index in [4.69, 9.17) is 0 Å². The Bertz CT molecular complexity index is 1290. The van der Waals surface area contributed by atoms with Gasteiger partial charge in [0.15, 0.2) is 0 Å². The number of anilines is 2. The van der Waals surface area contributed by atoms with Gasteiger partial charge in [0.25, 0.3) is 0 Å². The number of pyridine rings is 1. The number of alkyl halides is 3. The number of halogens is 4. The fourth-order valence-electron chi connectivity index (χ4n) is 4.26. The summed E-state index contributed by atoms with van der Waals surface area (Å²) in [5.41, 5.74) is -4.48. The molecule has 1 aliphatic heterocycles. The molecule has 3 heterocycles. The summed E-state index contributed by atoms with van der Waals surface area (Å²) in [6, 6.07) is 1.99. The van der Waals surface area contributed by atoms with Crippen LogP contribution < -0.4 is 15.2 Å². The SMILES string of the molecule is CC1CN(c2c(F)cc3c(=O)c(C(=O)O)cn(C)c3c2C(F)(F)F)CCN1c1ncccn1. The molecule has 1 fully saturated rings. The molecule has 0 aliphatic carbocycles. The highest BCUT2D eigenvalue weighted by Gasteiger charge is 2.41. The largest absolute Gasteiger partial charge is 0.477 e. The summed E-state index contributed by atoms with van der Waals surface area (Å²) in [4.78, 5) is 35.3. The van der Waals surface area contributed by atoms with Gasteiger partial charge in [0.1, 0.15) is 16.9 Å². The van der Waals surface area contributed by atoms with E-state index in [2.05, 4.69) is 9.97 Å². The van der Waals surface area contributed by atoms with E-state index in [1.54, 1.807) is 25.4 Å². The Labute approximate surface area is 184 Å². The van der Waals surface area contributed by atoms with E-state index < -0.39 is 51.1 Å². The summed E-state index contributed by atoms with van der Waals surface area (Å²) in [6.07, 6.45) is -1.08. The Kier molecular flexibility index (Phi) is 5.46. The van der Waals surface area contributed by atoms with Gasteiger partial charge in [-0.05, 0) is 19.1 Å². The van der Waals surface area contributed by atoms with Crippen LogP contribution in [-0.2, 0) is 13.2 Å². The van der Waals surface area contributed by atoms with Gasteiger partial charge in [-0.15, -0.1) is 0 Å². The van der Waals surface area contributed by atoms with Crippen molar-refractivity contribution in [2.24, 2.45) is 7.05 Å². The van der Waals surface area contributed by atoms with Crippen molar-refractivity contribution in [3.05, 3.63) is 57.9 Å². The van der Waals surface area contributed by atoms with Crippen molar-refractivity contribution in [1.82, 2.24) is 14.5 Å². The Balaban J connectivity index is 1.87. The first-order valence-corrected chi connectivity index (χ1v) is 9.95. The molecule has 4 rings (SSSR count). The number of piperazine rings is 1. The van der Waals surface area contributed by atoms with Crippen LogP contribution in [0, 0.1) is 5.82 Å². The van der Waals surface area contributed by atoms with Crippen molar-refractivity contribution in [3.63, 3.8) is 0 Å². The van der Waals surface area contributed by atoms with Crippen molar-refractivity contribution < 1.29 is 27.5 Å². The minimum atomic E-state index is -5.01. The summed E-state index contributed by atoms with van der Waals surface area (Å²) in [7, 11) is 1.19. The van der Waals surface area contributed by atoms with Gasteiger partial charge in [-0.25, -0.2) is 19.2 Å². The van der Waals surface area contributed by atoms with Crippen molar-refractivity contribution >= 4 is 28.5 Å². The Morgan fingerprint density at radius 3 is 2.45 bits per heavy atom. The van der Waals surface area contributed by atoms with Crippen molar-refractivity contribution in [2.75, 3.05) is 29.4 Å². The number of rotatable bonds is 3. The molecule has 3 aromatic rings. The maximum Gasteiger partial charge on any atom is 0.420 e. The van der Waals surface area contributed by atoms with E-state index in [-0.39, 0.29) is 25.7 Å². The third kappa shape index (κ3) is 3.85. The molecule has 0 bridgehead atoms. The number of fused-ring (bicyclic) bond motifs is 1. The lowest BCUT2D eigenvalue weighted by atomic mass is 10.0. The molecule has 1 N–H and O–H groups in total. The predicted molar refractivity (Wildman–Crippen MR) is 112 cm³/mol. The van der Waals surface area contributed by atoms with E-state index in [1.165, 1.54) is 11.9 Å². The van der Waals surface area contributed by atoms with E-state index in [0.717, 1.165) is 10.8 Å². The number of nitrogens with zero attached hydrogens (tertiary/aromatic N) is 5. The third-order valence-corrected chi connectivity index (χ3v) is 5.66. The lowest BCUT2D eigenvalue weighted by molar-refractivity contribution is -0.136. The molecule has 174 valence electrons. The molecule has 1 aliphatic rings. The molecule has 12 heteroatoms. The second-order valence-corrected chi connectivity index (χ2v) is 7.80. The molecule has 8 nitrogen and oxygen atoms in total. The van der Waals surface area contributed by atoms with Crippen LogP contribution in [0.2, 0.25) is 0 Å². The first kappa shape index (κ1) is 22.5. The highest BCUT2D eigenvalue weighted by Crippen LogP contribution is 2.43. The van der Waals surface area contributed by atoms with E-state index in [0.29, 0.717) is 12.0 Å². The minimum absolute atomic E-state index is 0.0465. The van der Waals surface area contributed by atoms with Crippen molar-refractivity contribution in [3.8, 4) is 0 Å². The van der Waals surface area contributed by atoms with Gasteiger partial charge in [-0.3, -0.25) is 4.79 Å². The molecule has 1 aromatic carbocycles. The van der Waals surface area contributed by atoms with Crippen LogP contribution in [0.25, 0.3) is 10.9 Å². The number of benzene rings is 1. The van der Waals surface area contributed by atoms with Crippen LogP contribution in [0.3, 0.4) is 0 Å². The van der Waals surface area contributed by atoms with Crippen LogP contribution in [0.15, 0.2) is 35.5 Å². The second kappa shape index (κ2) is 8.01. The van der Waals surface area contributed by atoms with Gasteiger partial charge in [0.05, 0.1) is 16.6 Å². The van der Waals surface area contributed by atoms with Crippen LogP contribution >= 0.6 is 0 Å². The fourth-order valence-corrected chi connectivity index (χ4v) is 4.26. The maximum atomic E-state index is 15.2. The molecule has 1 atom stereocenters. The van der Waals surface area contributed by atoms with Gasteiger partial charge in [0.2, 0.25) is 11.4 Å². The predicted octanol–water partition coefficient (Wildman–Crippen LogP) is 2.90. The summed E-state index contributed by atoms with van der Waals surface area (Å²) in [5, 5.41) is 8.56. The van der Waals surface area contributed by atoms with Crippen LogP contribution in [-0.4, -0.2) is 51.3 Å². The zero-order chi connectivity index (χ0) is 24.1. The summed E-state index contributed by atoms with van der Waals surface area (Å²) in [5.74, 6) is -2.43. The number of aromatic nitrogens is 3. The number of aryl methyl sites for hydroxylation is 1. The lowest BCUT2D eigenvalue weighted by Crippen LogP contribution is -2.53. The van der Waals surface area contributed by atoms with E-state index >= 15 is 4.39 Å². The number of carboxylic acids is 1. The number of carboxylic acid groups (broad SMARTS) is 1. The molecular weight excluding hydrogens is 446 g/mol. The van der Waals surface area contributed by atoms with Crippen molar-refractivity contribution in [2.45, 2.75) is 19.1 Å². The van der Waals surface area contributed by atoms with Crippen molar-refractivity contribution in [1.29, 1.82) is 0 Å². The van der Waals surface area contributed by atoms with Gasteiger partial charge in [-0.1, -0.05) is 0 Å². The van der Waals surface area contributed by atoms with Gasteiger partial charge >= 0.3 is 12.1 Å². The number of hydrogen-bond acceptors (Lipinski definition) is 6. The van der Waals surface area contributed by atoms with Gasteiger partial charge in [-0.2, -0.15) is 13.2 Å². The topological polar surface area (TPSA) is 91.6 Å². The lowest BCUT2D eigenvalue weighted by Gasteiger charge is -2.41. The molecule has 0 amide bonds. The number of aromatic carboxylic acids is 1. The molecule has 0 spiro atoms. The standard InChI is InChI=1S/C21H19F4N5O3/c1-11-9-29(6-7-30(11)20-26-4-3-5-27-20)17-14(22)8-12-16(15(17)21(23,24)25)28(2)10-13(18(12)31)19(32)33/h3-5,8,10-11H,6-7,9H2,1-2H3,(H,32,33). The zero-order valence-electron chi connectivity index (χ0n) is 17.6. The number of hydrogen-bond donors (Lipinski definition) is 1. The summed E-state index contributed by atoms with van der Waals surface area (Å²) < 4.78 is 58.9. The Morgan fingerprint density at radius 2 is 1.88 bits per heavy atom. The molecule has 33 heavy (non-hydrogen) atoms. The third-order valence-electron chi connectivity index (χ3n) is 5.66. The molecule has 1 unspecified atom stereocenters. The normalized spacial score (nSPS) is 17.0. The zero-order valence-corrected chi connectivity index (χ0v) is 17.6. The maximum absolute atomic E-state index is 15.2. The molecule has 0 radical (unpaired) electrons. The Hall–Kier alpha value is -3.70. The minimum Gasteiger partial charge on any atom is -0.477 e. The second-order valence-electron chi connectivity index (χ2n) is 7.80. The molecule has 1 saturated heterocycles. The molecule has 0 saturated carbocycles. The fraction of sp³-hybridized carbons (Fsp3) is 0.333. The number of carbonyl (C=O) groups is 1. The Morgan fingerprint density at radius 1 is 1.21 bits per heavy atom. The van der Waals surface area contributed by atoms with Gasteiger partial charge in [0, 0.05) is 51.3 Å². The molecule has 2 aromatic heterocycles. The highest BCUT2D eigenvalue weighted by atomic mass is 19.4.